The van der Waals surface area contributed by atoms with Gasteiger partial charge in [0.1, 0.15) is 5.75 Å². The van der Waals surface area contributed by atoms with E-state index in [1.807, 2.05) is 32.0 Å². The van der Waals surface area contributed by atoms with Crippen molar-refractivity contribution in [3.63, 3.8) is 0 Å². The minimum atomic E-state index is -0.156. The Labute approximate surface area is 143 Å². The Morgan fingerprint density at radius 1 is 1.27 bits per heavy atom. The zero-order valence-corrected chi connectivity index (χ0v) is 14.7. The van der Waals surface area contributed by atoms with E-state index in [9.17, 15) is 4.79 Å². The summed E-state index contributed by atoms with van der Waals surface area (Å²) in [5.41, 5.74) is 1.45. The summed E-state index contributed by atoms with van der Waals surface area (Å²) in [7, 11) is 0. The molecule has 0 aliphatic carbocycles. The standard InChI is InChI=1S/C17H17BrClNO2/c1-11(2)22-16-8-7-12(9-14(16)18)17(21)20-10-13-5-3-4-6-15(13)19/h3-9,11H,10H2,1-2H3,(H,20,21). The molecule has 1 N–H and O–H groups in total. The molecule has 116 valence electrons. The number of ether oxygens (including phenoxy) is 1. The maximum absolute atomic E-state index is 12.2. The van der Waals surface area contributed by atoms with Crippen LogP contribution in [0.15, 0.2) is 46.9 Å². The minimum Gasteiger partial charge on any atom is -0.490 e. The van der Waals surface area contributed by atoms with Crippen LogP contribution in [0.25, 0.3) is 0 Å². The number of hydrogen-bond donors (Lipinski definition) is 1. The molecule has 0 aromatic heterocycles. The molecule has 0 bridgehead atoms. The molecular formula is C17H17BrClNO2. The highest BCUT2D eigenvalue weighted by Crippen LogP contribution is 2.27. The van der Waals surface area contributed by atoms with E-state index in [4.69, 9.17) is 16.3 Å². The molecule has 3 nitrogen and oxygen atoms in total. The fraction of sp³-hybridized carbons (Fsp3) is 0.235. The first kappa shape index (κ1) is 16.8. The average Bonchev–Trinajstić information content (AvgIpc) is 2.48. The lowest BCUT2D eigenvalue weighted by atomic mass is 10.2. The summed E-state index contributed by atoms with van der Waals surface area (Å²) in [5.74, 6) is 0.564. The summed E-state index contributed by atoms with van der Waals surface area (Å²) in [6.07, 6.45) is 0.0798. The molecule has 0 aliphatic rings. The van der Waals surface area contributed by atoms with Crippen LogP contribution in [0, 0.1) is 0 Å². The molecular weight excluding hydrogens is 366 g/mol. The number of nitrogens with one attached hydrogen (secondary N) is 1. The van der Waals surface area contributed by atoms with E-state index in [-0.39, 0.29) is 12.0 Å². The SMILES string of the molecule is CC(C)Oc1ccc(C(=O)NCc2ccccc2Cl)cc1Br. The van der Waals surface area contributed by atoms with Crippen molar-refractivity contribution in [1.82, 2.24) is 5.32 Å². The van der Waals surface area contributed by atoms with E-state index in [1.165, 1.54) is 0 Å². The summed E-state index contributed by atoms with van der Waals surface area (Å²) in [6, 6.07) is 12.7. The summed E-state index contributed by atoms with van der Waals surface area (Å²) in [4.78, 5) is 12.2. The summed E-state index contributed by atoms with van der Waals surface area (Å²) in [5, 5.41) is 3.50. The van der Waals surface area contributed by atoms with Crippen LogP contribution < -0.4 is 10.1 Å². The van der Waals surface area contributed by atoms with E-state index in [1.54, 1.807) is 24.3 Å². The van der Waals surface area contributed by atoms with Gasteiger partial charge in [-0.25, -0.2) is 0 Å². The van der Waals surface area contributed by atoms with Crippen LogP contribution in [0.4, 0.5) is 0 Å². The highest BCUT2D eigenvalue weighted by Gasteiger charge is 2.10. The van der Waals surface area contributed by atoms with Crippen LogP contribution in [-0.4, -0.2) is 12.0 Å². The van der Waals surface area contributed by atoms with Gasteiger partial charge < -0.3 is 10.1 Å². The molecule has 0 saturated heterocycles. The first-order chi connectivity index (χ1) is 10.5. The summed E-state index contributed by atoms with van der Waals surface area (Å²) < 4.78 is 6.38. The van der Waals surface area contributed by atoms with E-state index in [0.29, 0.717) is 17.1 Å². The maximum Gasteiger partial charge on any atom is 0.251 e. The molecule has 0 radical (unpaired) electrons. The fourth-order valence-corrected chi connectivity index (χ4v) is 2.59. The molecule has 2 rings (SSSR count). The highest BCUT2D eigenvalue weighted by atomic mass is 79.9. The van der Waals surface area contributed by atoms with Gasteiger partial charge in [-0.2, -0.15) is 0 Å². The molecule has 0 saturated carbocycles. The van der Waals surface area contributed by atoms with Gasteiger partial charge in [-0.3, -0.25) is 4.79 Å². The molecule has 5 heteroatoms. The average molecular weight is 383 g/mol. The van der Waals surface area contributed by atoms with E-state index < -0.39 is 0 Å². The van der Waals surface area contributed by atoms with E-state index in [0.717, 1.165) is 15.8 Å². The number of carbonyl (C=O) groups excluding carboxylic acids is 1. The predicted octanol–water partition coefficient (Wildman–Crippen LogP) is 4.82. The van der Waals surface area contributed by atoms with Crippen LogP contribution in [0.1, 0.15) is 29.8 Å². The summed E-state index contributed by atoms with van der Waals surface area (Å²) in [6.45, 7) is 4.30. The number of hydrogen-bond acceptors (Lipinski definition) is 2. The second-order valence-electron chi connectivity index (χ2n) is 5.09. The van der Waals surface area contributed by atoms with Gasteiger partial charge in [0.25, 0.3) is 5.91 Å². The van der Waals surface area contributed by atoms with Gasteiger partial charge in [-0.05, 0) is 59.6 Å². The van der Waals surface area contributed by atoms with Gasteiger partial charge in [0.2, 0.25) is 0 Å². The Morgan fingerprint density at radius 2 is 2.00 bits per heavy atom. The molecule has 22 heavy (non-hydrogen) atoms. The molecule has 2 aromatic rings. The van der Waals surface area contributed by atoms with Gasteiger partial charge in [-0.1, -0.05) is 29.8 Å². The van der Waals surface area contributed by atoms with Crippen molar-refractivity contribution < 1.29 is 9.53 Å². The van der Waals surface area contributed by atoms with Crippen molar-refractivity contribution in [2.45, 2.75) is 26.5 Å². The Morgan fingerprint density at radius 3 is 2.64 bits per heavy atom. The first-order valence-corrected chi connectivity index (χ1v) is 8.12. The zero-order chi connectivity index (χ0) is 16.1. The second-order valence-corrected chi connectivity index (χ2v) is 6.35. The van der Waals surface area contributed by atoms with Crippen LogP contribution in [-0.2, 0) is 6.54 Å². The van der Waals surface area contributed by atoms with Gasteiger partial charge in [-0.15, -0.1) is 0 Å². The molecule has 0 aliphatic heterocycles. The van der Waals surface area contributed by atoms with Crippen LogP contribution >= 0.6 is 27.5 Å². The van der Waals surface area contributed by atoms with Gasteiger partial charge in [0.15, 0.2) is 0 Å². The molecule has 0 spiro atoms. The predicted molar refractivity (Wildman–Crippen MR) is 92.5 cm³/mol. The molecule has 0 fully saturated rings. The van der Waals surface area contributed by atoms with Crippen molar-refractivity contribution >= 4 is 33.4 Å². The number of carbonyl (C=O) groups is 1. The lowest BCUT2D eigenvalue weighted by molar-refractivity contribution is 0.0951. The van der Waals surface area contributed by atoms with Gasteiger partial charge >= 0.3 is 0 Å². The van der Waals surface area contributed by atoms with Crippen molar-refractivity contribution in [1.29, 1.82) is 0 Å². The monoisotopic (exact) mass is 381 g/mol. The third kappa shape index (κ3) is 4.49. The van der Waals surface area contributed by atoms with Gasteiger partial charge in [0, 0.05) is 17.1 Å². The summed E-state index contributed by atoms with van der Waals surface area (Å²) >= 11 is 9.50. The molecule has 0 heterocycles. The fourth-order valence-electron chi connectivity index (χ4n) is 1.91. The normalized spacial score (nSPS) is 10.6. The van der Waals surface area contributed by atoms with Gasteiger partial charge in [0.05, 0.1) is 10.6 Å². The van der Waals surface area contributed by atoms with E-state index >= 15 is 0 Å². The van der Waals surface area contributed by atoms with Crippen LogP contribution in [0.3, 0.4) is 0 Å². The number of amides is 1. The van der Waals surface area contributed by atoms with Crippen LogP contribution in [0.2, 0.25) is 5.02 Å². The Kier molecular flexibility index (Phi) is 5.86. The van der Waals surface area contributed by atoms with Crippen molar-refractivity contribution in [3.05, 3.63) is 63.1 Å². The lowest BCUT2D eigenvalue weighted by Gasteiger charge is -2.12. The number of halogens is 2. The molecule has 0 atom stereocenters. The first-order valence-electron chi connectivity index (χ1n) is 6.95. The molecule has 0 unspecified atom stereocenters. The Bertz CT molecular complexity index is 673. The minimum absolute atomic E-state index is 0.0798. The Hall–Kier alpha value is -1.52. The zero-order valence-electron chi connectivity index (χ0n) is 12.4. The molecule has 2 aromatic carbocycles. The Balaban J connectivity index is 2.04. The maximum atomic E-state index is 12.2. The smallest absolute Gasteiger partial charge is 0.251 e. The van der Waals surface area contributed by atoms with E-state index in [2.05, 4.69) is 21.2 Å². The van der Waals surface area contributed by atoms with Crippen molar-refractivity contribution in [2.75, 3.05) is 0 Å². The second kappa shape index (κ2) is 7.65. The van der Waals surface area contributed by atoms with Crippen LogP contribution in [0.5, 0.6) is 5.75 Å². The third-order valence-electron chi connectivity index (χ3n) is 2.95. The number of benzene rings is 2. The van der Waals surface area contributed by atoms with Crippen molar-refractivity contribution in [3.8, 4) is 5.75 Å². The quantitative estimate of drug-likeness (QED) is 0.805. The highest BCUT2D eigenvalue weighted by molar-refractivity contribution is 9.10. The topological polar surface area (TPSA) is 38.3 Å². The molecule has 1 amide bonds. The largest absolute Gasteiger partial charge is 0.490 e. The lowest BCUT2D eigenvalue weighted by Crippen LogP contribution is -2.23. The number of rotatable bonds is 5. The van der Waals surface area contributed by atoms with Crippen molar-refractivity contribution in [2.24, 2.45) is 0 Å². The third-order valence-corrected chi connectivity index (χ3v) is 3.94.